The lowest BCUT2D eigenvalue weighted by molar-refractivity contribution is -0.139. The van der Waals surface area contributed by atoms with Crippen molar-refractivity contribution in [1.82, 2.24) is 5.32 Å². The van der Waals surface area contributed by atoms with Gasteiger partial charge in [-0.1, -0.05) is 12.1 Å². The lowest BCUT2D eigenvalue weighted by atomic mass is 10.1. The Labute approximate surface area is 184 Å². The summed E-state index contributed by atoms with van der Waals surface area (Å²) < 4.78 is 10.4. The van der Waals surface area contributed by atoms with Crippen LogP contribution < -0.4 is 19.7 Å². The van der Waals surface area contributed by atoms with Gasteiger partial charge in [-0.25, -0.2) is 4.79 Å². The molecule has 2 amide bonds. The molecule has 1 aliphatic heterocycles. The third-order valence-electron chi connectivity index (χ3n) is 4.42. The monoisotopic (exact) mass is 440 g/mol. The number of carbonyl (C=O) groups excluding carboxylic acids is 2. The van der Waals surface area contributed by atoms with E-state index in [-0.39, 0.29) is 22.2 Å². The molecule has 0 aromatic heterocycles. The number of carbonyl (C=O) groups is 3. The molecule has 0 bridgehead atoms. The van der Waals surface area contributed by atoms with Crippen molar-refractivity contribution in [3.63, 3.8) is 0 Å². The fourth-order valence-corrected chi connectivity index (χ4v) is 3.45. The number of hydrogen-bond donors (Lipinski definition) is 2. The van der Waals surface area contributed by atoms with Crippen molar-refractivity contribution in [2.75, 3.05) is 18.6 Å². The van der Waals surface area contributed by atoms with Gasteiger partial charge in [-0.3, -0.25) is 19.8 Å². The molecule has 1 heterocycles. The summed E-state index contributed by atoms with van der Waals surface area (Å²) in [5, 5.41) is 11.3. The first-order valence-electron chi connectivity index (χ1n) is 9.22. The predicted octanol–water partition coefficient (Wildman–Crippen LogP) is 2.61. The molecular formula is C22H20N2O6S. The minimum Gasteiger partial charge on any atom is -0.493 e. The lowest BCUT2D eigenvalue weighted by Gasteiger charge is -2.29. The van der Waals surface area contributed by atoms with Crippen LogP contribution in [0.3, 0.4) is 0 Å². The van der Waals surface area contributed by atoms with Gasteiger partial charge < -0.3 is 14.6 Å². The summed E-state index contributed by atoms with van der Waals surface area (Å²) in [6.45, 7) is 3.28. The second-order valence-electron chi connectivity index (χ2n) is 6.90. The van der Waals surface area contributed by atoms with Crippen molar-refractivity contribution < 1.29 is 29.0 Å². The highest BCUT2D eigenvalue weighted by atomic mass is 32.1. The molecule has 9 heteroatoms. The van der Waals surface area contributed by atoms with Crippen molar-refractivity contribution in [3.8, 4) is 11.5 Å². The number of carboxylic acids is 1. The van der Waals surface area contributed by atoms with Gasteiger partial charge in [-0.15, -0.1) is 0 Å². The van der Waals surface area contributed by atoms with E-state index in [4.69, 9.17) is 26.8 Å². The largest absolute Gasteiger partial charge is 0.493 e. The van der Waals surface area contributed by atoms with Gasteiger partial charge >= 0.3 is 5.97 Å². The van der Waals surface area contributed by atoms with Crippen molar-refractivity contribution in [2.24, 2.45) is 0 Å². The summed E-state index contributed by atoms with van der Waals surface area (Å²) in [5.74, 6) is -1.80. The first-order valence-corrected chi connectivity index (χ1v) is 9.63. The average Bonchev–Trinajstić information content (AvgIpc) is 2.69. The van der Waals surface area contributed by atoms with Gasteiger partial charge in [0.1, 0.15) is 5.57 Å². The summed E-state index contributed by atoms with van der Waals surface area (Å²) >= 11 is 5.24. The SMILES string of the molecule is COc1cc(/C=C2\C(=O)NC(=S)N(c3cc(C)cc(C)c3)C2=O)ccc1OCC(=O)O. The number of rotatable bonds is 6. The van der Waals surface area contributed by atoms with Crippen LogP contribution in [-0.2, 0) is 14.4 Å². The molecule has 0 saturated carbocycles. The maximum absolute atomic E-state index is 13.2. The normalized spacial score (nSPS) is 15.1. The van der Waals surface area contributed by atoms with E-state index >= 15 is 0 Å². The van der Waals surface area contributed by atoms with E-state index in [0.717, 1.165) is 11.1 Å². The van der Waals surface area contributed by atoms with Gasteiger partial charge in [0.25, 0.3) is 11.8 Å². The molecule has 2 aromatic rings. The van der Waals surface area contributed by atoms with E-state index in [1.165, 1.54) is 24.2 Å². The number of anilines is 1. The highest BCUT2D eigenvalue weighted by Gasteiger charge is 2.34. The molecule has 0 atom stereocenters. The molecule has 0 spiro atoms. The van der Waals surface area contributed by atoms with Crippen LogP contribution in [0.25, 0.3) is 6.08 Å². The summed E-state index contributed by atoms with van der Waals surface area (Å²) in [6, 6.07) is 10.2. The predicted molar refractivity (Wildman–Crippen MR) is 118 cm³/mol. The van der Waals surface area contributed by atoms with Crippen LogP contribution >= 0.6 is 12.2 Å². The van der Waals surface area contributed by atoms with E-state index in [0.29, 0.717) is 11.3 Å². The van der Waals surface area contributed by atoms with Gasteiger partial charge in [0.2, 0.25) is 0 Å². The number of thiocarbonyl (C=S) groups is 1. The van der Waals surface area contributed by atoms with Crippen LogP contribution in [0.2, 0.25) is 0 Å². The molecule has 0 aliphatic carbocycles. The number of aliphatic carboxylic acids is 1. The number of ether oxygens (including phenoxy) is 2. The number of hydrogen-bond acceptors (Lipinski definition) is 6. The highest BCUT2D eigenvalue weighted by molar-refractivity contribution is 7.80. The van der Waals surface area contributed by atoms with E-state index in [1.807, 2.05) is 32.0 Å². The molecule has 1 fully saturated rings. The van der Waals surface area contributed by atoms with E-state index < -0.39 is 24.4 Å². The lowest BCUT2D eigenvalue weighted by Crippen LogP contribution is -2.54. The number of amides is 2. The van der Waals surface area contributed by atoms with Crippen LogP contribution in [0.4, 0.5) is 5.69 Å². The molecule has 0 unspecified atom stereocenters. The third-order valence-corrected chi connectivity index (χ3v) is 4.70. The Kier molecular flexibility index (Phi) is 6.36. The molecule has 3 rings (SSSR count). The first-order chi connectivity index (χ1) is 14.7. The first kappa shape index (κ1) is 22.0. The molecule has 31 heavy (non-hydrogen) atoms. The number of aryl methyl sites for hydroxylation is 2. The van der Waals surface area contributed by atoms with Gasteiger partial charge in [-0.2, -0.15) is 0 Å². The highest BCUT2D eigenvalue weighted by Crippen LogP contribution is 2.30. The molecule has 1 saturated heterocycles. The molecule has 8 nitrogen and oxygen atoms in total. The Morgan fingerprint density at radius 3 is 2.42 bits per heavy atom. The summed E-state index contributed by atoms with van der Waals surface area (Å²) in [7, 11) is 1.40. The quantitative estimate of drug-likeness (QED) is 0.404. The summed E-state index contributed by atoms with van der Waals surface area (Å²) in [4.78, 5) is 37.7. The Bertz CT molecular complexity index is 1100. The second kappa shape index (κ2) is 8.97. The standard InChI is InChI=1S/C22H20N2O6S/c1-12-6-13(2)8-15(7-12)24-21(28)16(20(27)23-22(24)31)9-14-4-5-17(18(10-14)29-3)30-11-19(25)26/h4-10H,11H2,1-3H3,(H,25,26)(H,23,27,31)/b16-9+. The number of carboxylic acid groups (broad SMARTS) is 1. The van der Waals surface area contributed by atoms with Crippen LogP contribution in [0.15, 0.2) is 42.0 Å². The molecule has 2 N–H and O–H groups in total. The number of benzene rings is 2. The smallest absolute Gasteiger partial charge is 0.341 e. The number of nitrogens with one attached hydrogen (secondary N) is 1. The summed E-state index contributed by atoms with van der Waals surface area (Å²) in [6.07, 6.45) is 1.42. The van der Waals surface area contributed by atoms with Crippen molar-refractivity contribution in [3.05, 3.63) is 58.7 Å². The van der Waals surface area contributed by atoms with Crippen LogP contribution in [-0.4, -0.2) is 41.7 Å². The Balaban J connectivity index is 1.97. The van der Waals surface area contributed by atoms with Gasteiger partial charge in [0.15, 0.2) is 23.2 Å². The minimum atomic E-state index is -1.12. The van der Waals surface area contributed by atoms with E-state index in [2.05, 4.69) is 5.32 Å². The van der Waals surface area contributed by atoms with Crippen molar-refractivity contribution >= 4 is 46.9 Å². The zero-order valence-electron chi connectivity index (χ0n) is 17.1. The van der Waals surface area contributed by atoms with E-state index in [9.17, 15) is 14.4 Å². The Morgan fingerprint density at radius 1 is 1.13 bits per heavy atom. The number of nitrogens with zero attached hydrogens (tertiary/aromatic N) is 1. The Hall–Kier alpha value is -3.72. The molecule has 2 aromatic carbocycles. The van der Waals surface area contributed by atoms with Crippen LogP contribution in [0.1, 0.15) is 16.7 Å². The van der Waals surface area contributed by atoms with Gasteiger partial charge in [0, 0.05) is 0 Å². The molecular weight excluding hydrogens is 420 g/mol. The average molecular weight is 440 g/mol. The van der Waals surface area contributed by atoms with Crippen LogP contribution in [0.5, 0.6) is 11.5 Å². The fourth-order valence-electron chi connectivity index (χ4n) is 3.17. The van der Waals surface area contributed by atoms with Gasteiger partial charge in [0.05, 0.1) is 12.8 Å². The van der Waals surface area contributed by atoms with E-state index in [1.54, 1.807) is 12.1 Å². The minimum absolute atomic E-state index is 0.00662. The Morgan fingerprint density at radius 2 is 1.81 bits per heavy atom. The number of methoxy groups -OCH3 is 1. The summed E-state index contributed by atoms with van der Waals surface area (Å²) in [5.41, 5.74) is 2.86. The molecule has 160 valence electrons. The van der Waals surface area contributed by atoms with Crippen LogP contribution in [0, 0.1) is 13.8 Å². The second-order valence-corrected chi connectivity index (χ2v) is 7.28. The zero-order chi connectivity index (χ0) is 22.7. The molecule has 1 aliphatic rings. The molecule has 0 radical (unpaired) electrons. The van der Waals surface area contributed by atoms with Crippen molar-refractivity contribution in [1.29, 1.82) is 0 Å². The maximum atomic E-state index is 13.2. The zero-order valence-corrected chi connectivity index (χ0v) is 17.9. The topological polar surface area (TPSA) is 105 Å². The maximum Gasteiger partial charge on any atom is 0.341 e. The van der Waals surface area contributed by atoms with Gasteiger partial charge in [-0.05, 0) is 73.1 Å². The van der Waals surface area contributed by atoms with Crippen molar-refractivity contribution in [2.45, 2.75) is 13.8 Å². The fraction of sp³-hybridized carbons (Fsp3) is 0.182. The third kappa shape index (κ3) is 4.89.